The molecule has 1 atom stereocenters. The first-order valence-electron chi connectivity index (χ1n) is 12.4. The molecule has 0 aromatic carbocycles. The minimum absolute atomic E-state index is 0.167. The van der Waals surface area contributed by atoms with Gasteiger partial charge in [0, 0.05) is 32.9 Å². The fourth-order valence-corrected chi connectivity index (χ4v) is 2.49. The third-order valence-corrected chi connectivity index (χ3v) is 4.16. The monoisotopic (exact) mass is 540 g/mol. The smallest absolute Gasteiger partial charge is 0.244 e. The summed E-state index contributed by atoms with van der Waals surface area (Å²) in [5.41, 5.74) is -0.895. The lowest BCUT2D eigenvalue weighted by Crippen LogP contribution is -2.58. The molecule has 38 heavy (non-hydrogen) atoms. The van der Waals surface area contributed by atoms with Crippen LogP contribution >= 0.6 is 0 Å². The first-order valence-corrected chi connectivity index (χ1v) is 12.4. The Labute approximate surface area is 228 Å². The Kier molecular flexibility index (Phi) is 33.1. The van der Waals surface area contributed by atoms with Crippen molar-refractivity contribution >= 4 is 24.5 Å². The molecule has 0 aliphatic carbocycles. The molecule has 3 amide bonds. The van der Waals surface area contributed by atoms with Crippen LogP contribution in [-0.4, -0.2) is 96.4 Å². The van der Waals surface area contributed by atoms with E-state index in [0.717, 1.165) is 13.0 Å². The molecule has 0 aliphatic rings. The number of nitrogens with one attached hydrogen (secondary N) is 4. The lowest BCUT2D eigenvalue weighted by molar-refractivity contribution is -0.123. The average Bonchev–Trinajstić information content (AvgIpc) is 2.92. The zero-order chi connectivity index (χ0) is 29.3. The molecule has 11 nitrogen and oxygen atoms in total. The van der Waals surface area contributed by atoms with Crippen LogP contribution in [0.3, 0.4) is 0 Å². The van der Waals surface area contributed by atoms with Gasteiger partial charge in [0.15, 0.2) is 0 Å². The Hall–Kier alpha value is -3.12. The van der Waals surface area contributed by atoms with E-state index in [9.17, 15) is 14.4 Å². The van der Waals surface area contributed by atoms with E-state index in [1.165, 1.54) is 18.2 Å². The molecule has 0 rings (SSSR count). The van der Waals surface area contributed by atoms with Gasteiger partial charge in [-0.25, -0.2) is 0 Å². The van der Waals surface area contributed by atoms with Crippen LogP contribution in [0.15, 0.2) is 50.6 Å². The zero-order valence-electron chi connectivity index (χ0n) is 23.1. The van der Waals surface area contributed by atoms with Crippen LogP contribution in [0.5, 0.6) is 0 Å². The van der Waals surface area contributed by atoms with Gasteiger partial charge < -0.3 is 35.5 Å². The normalized spacial score (nSPS) is 11.0. The van der Waals surface area contributed by atoms with Crippen LogP contribution in [0.4, 0.5) is 0 Å². The minimum atomic E-state index is -0.895. The molecule has 1 unspecified atom stereocenters. The predicted molar refractivity (Wildman–Crippen MR) is 151 cm³/mol. The molecule has 0 radical (unpaired) electrons. The van der Waals surface area contributed by atoms with Crippen LogP contribution in [0.2, 0.25) is 0 Å². The topological polar surface area (TPSA) is 144 Å². The van der Waals surface area contributed by atoms with Gasteiger partial charge in [-0.05, 0) is 58.0 Å². The number of rotatable bonds is 23. The number of hydrogen-bond acceptors (Lipinski definition) is 8. The summed E-state index contributed by atoms with van der Waals surface area (Å²) < 4.78 is 17.3. The summed E-state index contributed by atoms with van der Waals surface area (Å²) in [5, 5.41) is 11.2. The Balaban J connectivity index is -0.00000155. The van der Waals surface area contributed by atoms with Crippen LogP contribution in [0.1, 0.15) is 26.2 Å². The van der Waals surface area contributed by atoms with Crippen LogP contribution in [0, 0.1) is 0 Å². The van der Waals surface area contributed by atoms with Crippen molar-refractivity contribution < 1.29 is 33.4 Å². The van der Waals surface area contributed by atoms with Gasteiger partial charge in [-0.1, -0.05) is 25.8 Å². The van der Waals surface area contributed by atoms with E-state index in [1.807, 2.05) is 14.0 Å². The third kappa shape index (κ3) is 29.1. The molecule has 0 heterocycles. The summed E-state index contributed by atoms with van der Waals surface area (Å²) in [7, 11) is 1.87. The zero-order valence-corrected chi connectivity index (χ0v) is 23.1. The number of amides is 3. The summed E-state index contributed by atoms with van der Waals surface area (Å²) in [6, 6.07) is 0. The van der Waals surface area contributed by atoms with Crippen molar-refractivity contribution in [3.05, 3.63) is 50.6 Å². The second-order valence-corrected chi connectivity index (χ2v) is 7.64. The summed E-state index contributed by atoms with van der Waals surface area (Å²) in [5.74, 6) is -0.591. The number of allylic oxidation sites excluding steroid dienone is 2. The molecule has 0 fully saturated rings. The molecule has 0 spiro atoms. The molecule has 0 aromatic heterocycles. The van der Waals surface area contributed by atoms with Crippen molar-refractivity contribution in [1.29, 1.82) is 0 Å². The number of hydrogen-bond donors (Lipinski definition) is 4. The predicted octanol–water partition coefficient (Wildman–Crippen LogP) is 1.08. The van der Waals surface area contributed by atoms with E-state index >= 15 is 0 Å². The van der Waals surface area contributed by atoms with E-state index in [4.69, 9.17) is 19.0 Å². The average molecular weight is 541 g/mol. The second-order valence-electron chi connectivity index (χ2n) is 7.64. The number of carbonyl (C=O) groups excluding carboxylic acids is 4. The van der Waals surface area contributed by atoms with Crippen molar-refractivity contribution in [2.45, 2.75) is 31.7 Å². The molecular weight excluding hydrogens is 492 g/mol. The van der Waals surface area contributed by atoms with Crippen molar-refractivity contribution in [3.8, 4) is 0 Å². The van der Waals surface area contributed by atoms with Crippen LogP contribution in [0.25, 0.3) is 0 Å². The Morgan fingerprint density at radius 1 is 0.789 bits per heavy atom. The summed E-state index contributed by atoms with van der Waals surface area (Å²) in [6.07, 6.45) is 8.69. The van der Waals surface area contributed by atoms with Gasteiger partial charge in [0.25, 0.3) is 0 Å². The van der Waals surface area contributed by atoms with Crippen molar-refractivity contribution in [3.63, 3.8) is 0 Å². The number of carbonyl (C=O) groups is 4. The van der Waals surface area contributed by atoms with E-state index < -0.39 is 5.54 Å². The highest BCUT2D eigenvalue weighted by Gasteiger charge is 2.33. The van der Waals surface area contributed by atoms with E-state index in [2.05, 4.69) is 47.6 Å². The minimum Gasteiger partial charge on any atom is -0.379 e. The van der Waals surface area contributed by atoms with E-state index in [0.29, 0.717) is 58.4 Å². The molecule has 218 valence electrons. The lowest BCUT2D eigenvalue weighted by atomic mass is 10.0. The van der Waals surface area contributed by atoms with Gasteiger partial charge in [-0.15, -0.1) is 6.58 Å². The molecule has 0 saturated carbocycles. The molecule has 0 bridgehead atoms. The van der Waals surface area contributed by atoms with E-state index in [-0.39, 0.29) is 31.6 Å². The molecular formula is C27H48N4O7. The molecule has 4 N–H and O–H groups in total. The molecule has 11 heteroatoms. The van der Waals surface area contributed by atoms with Gasteiger partial charge in [0.05, 0.1) is 19.8 Å². The van der Waals surface area contributed by atoms with Gasteiger partial charge in [0.1, 0.15) is 11.8 Å². The summed E-state index contributed by atoms with van der Waals surface area (Å²) in [4.78, 5) is 42.6. The van der Waals surface area contributed by atoms with Crippen LogP contribution in [-0.2, 0) is 33.4 Å². The van der Waals surface area contributed by atoms with Gasteiger partial charge in [0.2, 0.25) is 18.2 Å². The van der Waals surface area contributed by atoms with Crippen molar-refractivity contribution in [2.75, 3.05) is 66.3 Å². The Bertz CT molecular complexity index is 653. The highest BCUT2D eigenvalue weighted by atomic mass is 16.5. The van der Waals surface area contributed by atoms with Crippen LogP contribution < -0.4 is 21.3 Å². The highest BCUT2D eigenvalue weighted by molar-refractivity contribution is 5.87. The standard InChI is InChI=1S/C21H38N4O6.C3H4O.C3H6/c1-4-19(27)24-11-8-14-31-17-21(25-20(28)5-2,15-29-12-6-9-22-3)16-30-13-7-10-23-18-26;1-2-3-4;1-3-2/h4-5,18,22H,1-2,6-17H2,3H3,(H,23,26)(H,24,27)(H,25,28);2-3H,1H2;3H,1H2,2H3. The third-order valence-electron chi connectivity index (χ3n) is 4.16. The number of aldehydes is 1. The Morgan fingerprint density at radius 3 is 1.63 bits per heavy atom. The Morgan fingerprint density at radius 2 is 1.24 bits per heavy atom. The first kappa shape index (κ1) is 39.4. The summed E-state index contributed by atoms with van der Waals surface area (Å²) in [6.45, 7) is 18.9. The first-order chi connectivity index (χ1) is 18.4. The van der Waals surface area contributed by atoms with Gasteiger partial charge in [-0.3, -0.25) is 19.2 Å². The maximum atomic E-state index is 12.1. The second kappa shape index (κ2) is 31.9. The quantitative estimate of drug-likeness (QED) is 0.0652. The maximum Gasteiger partial charge on any atom is 0.244 e. The number of ether oxygens (including phenoxy) is 3. The largest absolute Gasteiger partial charge is 0.379 e. The maximum absolute atomic E-state index is 12.1. The van der Waals surface area contributed by atoms with Crippen molar-refractivity contribution in [2.24, 2.45) is 0 Å². The SMILES string of the molecule is C=CC.C=CC(=O)NCCCOCC(COCCCNC)(COCCCNC=O)NC(=O)C=C.C=CC=O. The summed E-state index contributed by atoms with van der Waals surface area (Å²) >= 11 is 0. The molecule has 0 aliphatic heterocycles. The van der Waals surface area contributed by atoms with E-state index in [1.54, 1.807) is 6.08 Å². The molecule has 0 saturated heterocycles. The van der Waals surface area contributed by atoms with Gasteiger partial charge >= 0.3 is 0 Å². The van der Waals surface area contributed by atoms with Gasteiger partial charge in [-0.2, -0.15) is 0 Å². The fourth-order valence-electron chi connectivity index (χ4n) is 2.49. The fraction of sp³-hybridized carbons (Fsp3) is 0.556. The highest BCUT2D eigenvalue weighted by Crippen LogP contribution is 2.10. The molecule has 0 aromatic rings. The lowest BCUT2D eigenvalue weighted by Gasteiger charge is -2.34. The van der Waals surface area contributed by atoms with Crippen molar-refractivity contribution in [1.82, 2.24) is 21.3 Å².